The molecule has 4 aromatic rings. The van der Waals surface area contributed by atoms with Crippen molar-refractivity contribution >= 4 is 22.5 Å². The lowest BCUT2D eigenvalue weighted by atomic mass is 10.2. The zero-order chi connectivity index (χ0) is 15.6. The smallest absolute Gasteiger partial charge is 0.252 e. The Balaban J connectivity index is 1.64. The molecule has 4 rings (SSSR count). The summed E-state index contributed by atoms with van der Waals surface area (Å²) in [7, 11) is 0. The van der Waals surface area contributed by atoms with E-state index in [0.717, 1.165) is 22.4 Å². The molecular formula is C17H13N5O. The number of hydrogen-bond acceptors (Lipinski definition) is 4. The summed E-state index contributed by atoms with van der Waals surface area (Å²) < 4.78 is 2.03. The number of hydrogen-bond donors (Lipinski definition) is 2. The SMILES string of the molecule is O=c1cc(Nc2ccc(-n3cnc4ccccc43)cc2)nc[nH]1. The molecule has 2 aromatic heterocycles. The van der Waals surface area contributed by atoms with Gasteiger partial charge >= 0.3 is 0 Å². The van der Waals surface area contributed by atoms with Crippen molar-refractivity contribution in [2.45, 2.75) is 0 Å². The summed E-state index contributed by atoms with van der Waals surface area (Å²) >= 11 is 0. The monoisotopic (exact) mass is 303 g/mol. The molecule has 0 saturated carbocycles. The second kappa shape index (κ2) is 5.42. The normalized spacial score (nSPS) is 10.8. The molecular weight excluding hydrogens is 290 g/mol. The number of fused-ring (bicyclic) bond motifs is 1. The number of rotatable bonds is 3. The molecule has 2 heterocycles. The summed E-state index contributed by atoms with van der Waals surface area (Å²) in [6.45, 7) is 0. The minimum absolute atomic E-state index is 0.191. The van der Waals surface area contributed by atoms with E-state index in [-0.39, 0.29) is 5.56 Å². The maximum atomic E-state index is 11.3. The molecule has 112 valence electrons. The molecule has 23 heavy (non-hydrogen) atoms. The molecule has 0 aliphatic heterocycles. The van der Waals surface area contributed by atoms with Crippen LogP contribution in [0.15, 0.2) is 72.0 Å². The van der Waals surface area contributed by atoms with E-state index in [9.17, 15) is 4.79 Å². The molecule has 0 fully saturated rings. The third-order valence-corrected chi connectivity index (χ3v) is 3.55. The first-order valence-corrected chi connectivity index (χ1v) is 7.14. The van der Waals surface area contributed by atoms with Gasteiger partial charge in [-0.15, -0.1) is 0 Å². The molecule has 0 amide bonds. The highest BCUT2D eigenvalue weighted by Gasteiger charge is 2.04. The van der Waals surface area contributed by atoms with Crippen molar-refractivity contribution in [3.63, 3.8) is 0 Å². The van der Waals surface area contributed by atoms with E-state index in [1.165, 1.54) is 12.4 Å². The van der Waals surface area contributed by atoms with Gasteiger partial charge in [0.15, 0.2) is 0 Å². The van der Waals surface area contributed by atoms with Crippen LogP contribution in [-0.4, -0.2) is 19.5 Å². The zero-order valence-corrected chi connectivity index (χ0v) is 12.1. The summed E-state index contributed by atoms with van der Waals surface area (Å²) in [5.74, 6) is 0.509. The van der Waals surface area contributed by atoms with Gasteiger partial charge in [0.25, 0.3) is 5.56 Å². The van der Waals surface area contributed by atoms with Gasteiger partial charge in [-0.3, -0.25) is 9.36 Å². The van der Waals surface area contributed by atoms with E-state index in [1.807, 2.05) is 59.4 Å². The van der Waals surface area contributed by atoms with Crippen molar-refractivity contribution in [2.24, 2.45) is 0 Å². The molecule has 0 unspecified atom stereocenters. The Kier molecular flexibility index (Phi) is 3.12. The topological polar surface area (TPSA) is 75.6 Å². The van der Waals surface area contributed by atoms with Crippen LogP contribution in [0.3, 0.4) is 0 Å². The number of benzene rings is 2. The summed E-state index contributed by atoms with van der Waals surface area (Å²) in [6.07, 6.45) is 3.18. The molecule has 6 nitrogen and oxygen atoms in total. The van der Waals surface area contributed by atoms with Crippen LogP contribution in [0.2, 0.25) is 0 Å². The van der Waals surface area contributed by atoms with Crippen LogP contribution in [0.4, 0.5) is 11.5 Å². The fraction of sp³-hybridized carbons (Fsp3) is 0. The van der Waals surface area contributed by atoms with Crippen LogP contribution in [-0.2, 0) is 0 Å². The quantitative estimate of drug-likeness (QED) is 0.610. The molecule has 6 heteroatoms. The number of nitrogens with one attached hydrogen (secondary N) is 2. The number of imidazole rings is 1. The minimum Gasteiger partial charge on any atom is -0.340 e. The van der Waals surface area contributed by atoms with Gasteiger partial charge in [0.05, 0.1) is 17.4 Å². The van der Waals surface area contributed by atoms with Gasteiger partial charge in [-0.05, 0) is 36.4 Å². The molecule has 0 atom stereocenters. The number of anilines is 2. The van der Waals surface area contributed by atoms with E-state index in [0.29, 0.717) is 5.82 Å². The minimum atomic E-state index is -0.191. The van der Waals surface area contributed by atoms with Crippen LogP contribution in [0, 0.1) is 0 Å². The standard InChI is InChI=1S/C17H13N5O/c23-17-9-16(18-10-19-17)21-12-5-7-13(8-6-12)22-11-20-14-3-1-2-4-15(14)22/h1-11H,(H2,18,19,21,23). The van der Waals surface area contributed by atoms with Crippen molar-refractivity contribution in [3.05, 3.63) is 77.6 Å². The Morgan fingerprint density at radius 3 is 2.65 bits per heavy atom. The molecule has 0 bridgehead atoms. The second-order valence-corrected chi connectivity index (χ2v) is 5.07. The average molecular weight is 303 g/mol. The van der Waals surface area contributed by atoms with Gasteiger partial charge in [0, 0.05) is 17.4 Å². The third-order valence-electron chi connectivity index (χ3n) is 3.55. The zero-order valence-electron chi connectivity index (χ0n) is 12.1. The molecule has 0 radical (unpaired) electrons. The van der Waals surface area contributed by atoms with Crippen LogP contribution in [0.1, 0.15) is 0 Å². The fourth-order valence-corrected chi connectivity index (χ4v) is 2.46. The maximum absolute atomic E-state index is 11.3. The second-order valence-electron chi connectivity index (χ2n) is 5.07. The van der Waals surface area contributed by atoms with E-state index in [1.54, 1.807) is 0 Å². The Labute approximate surface area is 131 Å². The Morgan fingerprint density at radius 2 is 1.83 bits per heavy atom. The molecule has 0 aliphatic carbocycles. The first-order valence-electron chi connectivity index (χ1n) is 7.14. The highest BCUT2D eigenvalue weighted by Crippen LogP contribution is 2.20. The van der Waals surface area contributed by atoms with Crippen molar-refractivity contribution < 1.29 is 0 Å². The van der Waals surface area contributed by atoms with E-state index >= 15 is 0 Å². The van der Waals surface area contributed by atoms with Gasteiger partial charge in [0.2, 0.25) is 0 Å². The molecule has 0 saturated heterocycles. The predicted octanol–water partition coefficient (Wildman–Crippen LogP) is 2.85. The maximum Gasteiger partial charge on any atom is 0.252 e. The van der Waals surface area contributed by atoms with E-state index in [2.05, 4.69) is 20.3 Å². The third kappa shape index (κ3) is 2.57. The van der Waals surface area contributed by atoms with Crippen molar-refractivity contribution in [1.82, 2.24) is 19.5 Å². The molecule has 2 N–H and O–H groups in total. The van der Waals surface area contributed by atoms with Gasteiger partial charge in [-0.1, -0.05) is 12.1 Å². The number of H-pyrrole nitrogens is 1. The summed E-state index contributed by atoms with van der Waals surface area (Å²) in [6, 6.07) is 17.3. The first-order chi connectivity index (χ1) is 11.3. The number of aromatic nitrogens is 4. The summed E-state index contributed by atoms with van der Waals surface area (Å²) in [4.78, 5) is 22.2. The number of nitrogens with zero attached hydrogens (tertiary/aromatic N) is 3. The lowest BCUT2D eigenvalue weighted by Gasteiger charge is -2.08. The Bertz CT molecular complexity index is 1020. The van der Waals surface area contributed by atoms with Crippen molar-refractivity contribution in [3.8, 4) is 5.69 Å². The van der Waals surface area contributed by atoms with Crippen LogP contribution >= 0.6 is 0 Å². The van der Waals surface area contributed by atoms with Gasteiger partial charge in [0.1, 0.15) is 12.1 Å². The van der Waals surface area contributed by atoms with E-state index in [4.69, 9.17) is 0 Å². The number of para-hydroxylation sites is 2. The molecule has 0 spiro atoms. The van der Waals surface area contributed by atoms with Crippen LogP contribution in [0.25, 0.3) is 16.7 Å². The largest absolute Gasteiger partial charge is 0.340 e. The van der Waals surface area contributed by atoms with Gasteiger partial charge in [-0.2, -0.15) is 0 Å². The predicted molar refractivity (Wildman–Crippen MR) is 89.2 cm³/mol. The Hall–Kier alpha value is -3.41. The Morgan fingerprint density at radius 1 is 1.00 bits per heavy atom. The summed E-state index contributed by atoms with van der Waals surface area (Å²) in [5, 5.41) is 3.10. The fourth-order valence-electron chi connectivity index (χ4n) is 2.46. The van der Waals surface area contributed by atoms with E-state index < -0.39 is 0 Å². The highest BCUT2D eigenvalue weighted by molar-refractivity contribution is 5.77. The van der Waals surface area contributed by atoms with Gasteiger partial charge in [-0.25, -0.2) is 9.97 Å². The summed E-state index contributed by atoms with van der Waals surface area (Å²) in [5.41, 5.74) is 3.70. The number of aromatic amines is 1. The lowest BCUT2D eigenvalue weighted by Crippen LogP contribution is -2.06. The molecule has 2 aromatic carbocycles. The first kappa shape index (κ1) is 13.3. The average Bonchev–Trinajstić information content (AvgIpc) is 3.00. The van der Waals surface area contributed by atoms with Crippen molar-refractivity contribution in [2.75, 3.05) is 5.32 Å². The van der Waals surface area contributed by atoms with Gasteiger partial charge < -0.3 is 10.3 Å². The van der Waals surface area contributed by atoms with Crippen LogP contribution < -0.4 is 10.9 Å². The van der Waals surface area contributed by atoms with Crippen molar-refractivity contribution in [1.29, 1.82) is 0 Å². The lowest BCUT2D eigenvalue weighted by molar-refractivity contribution is 1.09. The van der Waals surface area contributed by atoms with Crippen LogP contribution in [0.5, 0.6) is 0 Å². The highest BCUT2D eigenvalue weighted by atomic mass is 16.1. The molecule has 0 aliphatic rings.